The van der Waals surface area contributed by atoms with Crippen LogP contribution in [0.5, 0.6) is 0 Å². The number of ketones is 1. The number of nitrogens with zero attached hydrogens (tertiary/aromatic N) is 2. The summed E-state index contributed by atoms with van der Waals surface area (Å²) in [7, 11) is 1.87. The number of thioether (sulfide) groups is 1. The number of Topliss-reactive ketones (excluding diaryl/α,β-unsaturated/α-hetero) is 1. The predicted octanol–water partition coefficient (Wildman–Crippen LogP) is 1.39. The summed E-state index contributed by atoms with van der Waals surface area (Å²) in [6.07, 6.45) is 0.548. The number of hydrazone groups is 1. The number of amides is 2. The van der Waals surface area contributed by atoms with E-state index in [2.05, 4.69) is 15.8 Å². The number of nitrogens with one attached hydrogen (secondary N) is 2. The van der Waals surface area contributed by atoms with Crippen LogP contribution >= 0.6 is 11.8 Å². The minimum atomic E-state index is -0.865. The number of benzene rings is 1. The second kappa shape index (κ2) is 10.1. The normalized spacial score (nSPS) is 16.4. The first-order valence-electron chi connectivity index (χ1n) is 8.96. The highest BCUT2D eigenvalue weighted by molar-refractivity contribution is 8.14. The number of carbonyl (C=O) groups is 3. The van der Waals surface area contributed by atoms with Gasteiger partial charge in [-0.1, -0.05) is 55.9 Å². The van der Waals surface area contributed by atoms with Crippen LogP contribution in [0.2, 0.25) is 0 Å². The lowest BCUT2D eigenvalue weighted by Gasteiger charge is -2.19. The zero-order valence-electron chi connectivity index (χ0n) is 15.9. The van der Waals surface area contributed by atoms with Crippen LogP contribution in [0.25, 0.3) is 0 Å². The first-order chi connectivity index (χ1) is 12.9. The molecule has 27 heavy (non-hydrogen) atoms. The quantitative estimate of drug-likeness (QED) is 0.517. The Hall–Kier alpha value is -2.35. The van der Waals surface area contributed by atoms with Gasteiger partial charge in [-0.2, -0.15) is 0 Å². The number of carbonyl (C=O) groups excluding carboxylic acids is 3. The summed E-state index contributed by atoms with van der Waals surface area (Å²) in [5.74, 6) is -0.740. The molecule has 0 saturated carbocycles. The zero-order valence-corrected chi connectivity index (χ0v) is 16.7. The molecule has 8 heteroatoms. The molecule has 1 atom stereocenters. The molecule has 0 radical (unpaired) electrons. The lowest BCUT2D eigenvalue weighted by molar-refractivity contribution is -0.140. The molecule has 1 aromatic carbocycles. The van der Waals surface area contributed by atoms with Crippen LogP contribution < -0.4 is 10.7 Å². The molecule has 1 aromatic rings. The van der Waals surface area contributed by atoms with Crippen molar-refractivity contribution in [3.8, 4) is 0 Å². The van der Waals surface area contributed by atoms with Crippen molar-refractivity contribution in [1.29, 1.82) is 0 Å². The Labute approximate surface area is 164 Å². The van der Waals surface area contributed by atoms with Crippen LogP contribution in [0.3, 0.4) is 0 Å². The summed E-state index contributed by atoms with van der Waals surface area (Å²) < 4.78 is 0. The van der Waals surface area contributed by atoms with Gasteiger partial charge in [-0.25, -0.2) is 5.43 Å². The Balaban J connectivity index is 1.97. The van der Waals surface area contributed by atoms with Crippen LogP contribution in [0.4, 0.5) is 0 Å². The largest absolute Gasteiger partial charge is 0.352 e. The van der Waals surface area contributed by atoms with Gasteiger partial charge in [0.05, 0.1) is 12.5 Å². The molecule has 0 aromatic heterocycles. The van der Waals surface area contributed by atoms with E-state index in [1.54, 1.807) is 0 Å². The van der Waals surface area contributed by atoms with Crippen molar-refractivity contribution in [1.82, 2.24) is 15.6 Å². The van der Waals surface area contributed by atoms with E-state index in [0.29, 0.717) is 11.6 Å². The second-order valence-electron chi connectivity index (χ2n) is 6.88. The van der Waals surface area contributed by atoms with Crippen LogP contribution in [0, 0.1) is 5.92 Å². The topological polar surface area (TPSA) is 90.9 Å². The number of hydrogen-bond donors (Lipinski definition) is 2. The lowest BCUT2D eigenvalue weighted by Crippen LogP contribution is -2.48. The third kappa shape index (κ3) is 6.71. The molecule has 7 nitrogen and oxygen atoms in total. The molecule has 0 aliphatic carbocycles. The molecule has 1 fully saturated rings. The number of rotatable bonds is 8. The van der Waals surface area contributed by atoms with Crippen molar-refractivity contribution in [2.75, 3.05) is 19.3 Å². The molecular weight excluding hydrogens is 364 g/mol. The van der Waals surface area contributed by atoms with E-state index in [1.165, 1.54) is 11.8 Å². The predicted molar refractivity (Wildman–Crippen MR) is 107 cm³/mol. The van der Waals surface area contributed by atoms with Crippen LogP contribution in [-0.4, -0.2) is 53.1 Å². The average molecular weight is 391 g/mol. The summed E-state index contributed by atoms with van der Waals surface area (Å²) in [4.78, 5) is 39.0. The fraction of sp³-hybridized carbons (Fsp3) is 0.474. The molecule has 2 N–H and O–H groups in total. The van der Waals surface area contributed by atoms with Gasteiger partial charge in [0.25, 0.3) is 0 Å². The van der Waals surface area contributed by atoms with Gasteiger partial charge >= 0.3 is 5.91 Å². The molecule has 2 rings (SSSR count). The highest BCUT2D eigenvalue weighted by Gasteiger charge is 2.28. The molecule has 1 saturated heterocycles. The van der Waals surface area contributed by atoms with Crippen molar-refractivity contribution >= 4 is 34.5 Å². The van der Waals surface area contributed by atoms with Gasteiger partial charge in [0.15, 0.2) is 5.17 Å². The molecule has 1 aliphatic rings. The molecule has 0 spiro atoms. The summed E-state index contributed by atoms with van der Waals surface area (Å²) >= 11 is 1.52. The summed E-state index contributed by atoms with van der Waals surface area (Å²) in [6.45, 7) is 4.72. The van der Waals surface area contributed by atoms with Gasteiger partial charge in [-0.05, 0) is 17.9 Å². The highest BCUT2D eigenvalue weighted by atomic mass is 32.2. The molecule has 0 bridgehead atoms. The maximum atomic E-state index is 12.5. The third-order valence-corrected chi connectivity index (χ3v) is 5.08. The number of hydrogen-bond acceptors (Lipinski definition) is 5. The van der Waals surface area contributed by atoms with E-state index in [4.69, 9.17) is 0 Å². The van der Waals surface area contributed by atoms with Crippen LogP contribution in [-0.2, 0) is 20.8 Å². The van der Waals surface area contributed by atoms with E-state index in [0.717, 1.165) is 17.9 Å². The Morgan fingerprint density at radius 1 is 1.22 bits per heavy atom. The molecule has 1 heterocycles. The van der Waals surface area contributed by atoms with Gasteiger partial charge < -0.3 is 10.2 Å². The molecule has 2 amide bonds. The van der Waals surface area contributed by atoms with Gasteiger partial charge in [-0.3, -0.25) is 14.4 Å². The van der Waals surface area contributed by atoms with Crippen LogP contribution in [0.15, 0.2) is 35.4 Å². The fourth-order valence-electron chi connectivity index (χ4n) is 2.64. The first-order valence-corrected chi connectivity index (χ1v) is 9.94. The van der Waals surface area contributed by atoms with E-state index >= 15 is 0 Å². The fourth-order valence-corrected chi connectivity index (χ4v) is 3.61. The van der Waals surface area contributed by atoms with Gasteiger partial charge in [0.1, 0.15) is 0 Å². The lowest BCUT2D eigenvalue weighted by atomic mass is 9.99. The molecule has 146 valence electrons. The standard InChI is InChI=1S/C19H26N4O3S/c1-13(2)11-15(20-16(24)12-14-7-5-4-6-8-14)17(25)18(26)21-22-19-23(3)9-10-27-19/h4-8,13,15H,9-12H2,1-3H3,(H,20,24)(H,21,26)/t15-/m0/s1. The maximum Gasteiger partial charge on any atom is 0.309 e. The van der Waals surface area contributed by atoms with Crippen molar-refractivity contribution in [2.24, 2.45) is 11.0 Å². The number of amidine groups is 1. The monoisotopic (exact) mass is 390 g/mol. The van der Waals surface area contributed by atoms with Gasteiger partial charge in [0.2, 0.25) is 11.7 Å². The van der Waals surface area contributed by atoms with Gasteiger partial charge in [0, 0.05) is 19.3 Å². The molecule has 0 unspecified atom stereocenters. The van der Waals surface area contributed by atoms with E-state index < -0.39 is 17.7 Å². The smallest absolute Gasteiger partial charge is 0.309 e. The Morgan fingerprint density at radius 3 is 2.52 bits per heavy atom. The van der Waals surface area contributed by atoms with Crippen molar-refractivity contribution < 1.29 is 14.4 Å². The first kappa shape index (κ1) is 21.0. The summed E-state index contributed by atoms with van der Waals surface area (Å²) in [6, 6.07) is 8.40. The second-order valence-corrected chi connectivity index (χ2v) is 7.94. The van der Waals surface area contributed by atoms with Crippen molar-refractivity contribution in [3.63, 3.8) is 0 Å². The van der Waals surface area contributed by atoms with Gasteiger partial charge in [-0.15, -0.1) is 5.10 Å². The van der Waals surface area contributed by atoms with E-state index in [-0.39, 0.29) is 18.2 Å². The highest BCUT2D eigenvalue weighted by Crippen LogP contribution is 2.15. The maximum absolute atomic E-state index is 12.5. The molecular formula is C19H26N4O3S. The zero-order chi connectivity index (χ0) is 19.8. The summed E-state index contributed by atoms with van der Waals surface area (Å²) in [5, 5.41) is 7.38. The third-order valence-electron chi connectivity index (χ3n) is 4.03. The van der Waals surface area contributed by atoms with Crippen molar-refractivity contribution in [3.05, 3.63) is 35.9 Å². The van der Waals surface area contributed by atoms with E-state index in [1.807, 2.05) is 56.1 Å². The minimum Gasteiger partial charge on any atom is -0.352 e. The Bertz CT molecular complexity index is 706. The van der Waals surface area contributed by atoms with E-state index in [9.17, 15) is 14.4 Å². The summed E-state index contributed by atoms with van der Waals surface area (Å²) in [5.41, 5.74) is 3.17. The molecule has 1 aliphatic heterocycles. The van der Waals surface area contributed by atoms with Crippen molar-refractivity contribution in [2.45, 2.75) is 32.7 Å². The minimum absolute atomic E-state index is 0.145. The Morgan fingerprint density at radius 2 is 1.93 bits per heavy atom. The Kier molecular flexibility index (Phi) is 7.84. The average Bonchev–Trinajstić information content (AvgIpc) is 3.03. The SMILES string of the molecule is CC(C)C[C@H](NC(=O)Cc1ccccc1)C(=O)C(=O)NN=C1SCCN1C. The van der Waals surface area contributed by atoms with Crippen LogP contribution in [0.1, 0.15) is 25.8 Å².